The number of thiophene rings is 1. The van der Waals surface area contributed by atoms with Crippen molar-refractivity contribution >= 4 is 51.9 Å². The minimum absolute atomic E-state index is 0.163. The minimum Gasteiger partial charge on any atom is -0.288 e. The SMILES string of the molecule is O=C(c1ccc(Cl)s1)c1cccc(Cl)c1Cl. The molecular formula is C11H5Cl3OS. The van der Waals surface area contributed by atoms with Crippen LogP contribution in [-0.4, -0.2) is 5.78 Å². The fourth-order valence-electron chi connectivity index (χ4n) is 1.25. The molecule has 2 rings (SSSR count). The molecule has 1 aromatic carbocycles. The topological polar surface area (TPSA) is 17.1 Å². The Labute approximate surface area is 112 Å². The zero-order valence-corrected chi connectivity index (χ0v) is 10.9. The molecule has 1 nitrogen and oxygen atoms in total. The van der Waals surface area contributed by atoms with Gasteiger partial charge in [0.25, 0.3) is 0 Å². The van der Waals surface area contributed by atoms with Crippen LogP contribution in [0.2, 0.25) is 14.4 Å². The van der Waals surface area contributed by atoms with Gasteiger partial charge in [0, 0.05) is 5.56 Å². The van der Waals surface area contributed by atoms with Gasteiger partial charge in [0.15, 0.2) is 0 Å². The van der Waals surface area contributed by atoms with Gasteiger partial charge in [-0.15, -0.1) is 11.3 Å². The average molecular weight is 292 g/mol. The standard InChI is InChI=1S/C11H5Cl3OS/c12-7-3-1-2-6(10(7)14)11(15)8-4-5-9(13)16-8/h1-5H. The first kappa shape index (κ1) is 11.9. The Hall–Kier alpha value is -0.540. The van der Waals surface area contributed by atoms with Crippen molar-refractivity contribution in [1.82, 2.24) is 0 Å². The van der Waals surface area contributed by atoms with Crippen LogP contribution in [0.4, 0.5) is 0 Å². The highest BCUT2D eigenvalue weighted by Gasteiger charge is 2.16. The molecule has 0 bridgehead atoms. The van der Waals surface area contributed by atoms with Gasteiger partial charge in [-0.1, -0.05) is 40.9 Å². The second kappa shape index (κ2) is 4.76. The smallest absolute Gasteiger partial charge is 0.204 e. The second-order valence-electron chi connectivity index (χ2n) is 3.03. The number of hydrogen-bond acceptors (Lipinski definition) is 2. The van der Waals surface area contributed by atoms with Gasteiger partial charge in [0.1, 0.15) is 0 Å². The van der Waals surface area contributed by atoms with Crippen molar-refractivity contribution in [2.24, 2.45) is 0 Å². The molecule has 0 spiro atoms. The van der Waals surface area contributed by atoms with Crippen LogP contribution in [0.5, 0.6) is 0 Å². The summed E-state index contributed by atoms with van der Waals surface area (Å²) < 4.78 is 0.571. The predicted molar refractivity (Wildman–Crippen MR) is 69.2 cm³/mol. The predicted octanol–water partition coefficient (Wildman–Crippen LogP) is 4.94. The van der Waals surface area contributed by atoms with Gasteiger partial charge in [-0.2, -0.15) is 0 Å². The van der Waals surface area contributed by atoms with E-state index in [1.165, 1.54) is 11.3 Å². The van der Waals surface area contributed by atoms with E-state index in [0.717, 1.165) is 0 Å². The maximum Gasteiger partial charge on any atom is 0.204 e. The van der Waals surface area contributed by atoms with E-state index in [1.807, 2.05) is 0 Å². The van der Waals surface area contributed by atoms with E-state index in [2.05, 4.69) is 0 Å². The molecule has 16 heavy (non-hydrogen) atoms. The Morgan fingerprint density at radius 3 is 2.44 bits per heavy atom. The van der Waals surface area contributed by atoms with E-state index in [1.54, 1.807) is 30.3 Å². The first-order chi connectivity index (χ1) is 7.59. The fourth-order valence-corrected chi connectivity index (χ4v) is 2.63. The highest BCUT2D eigenvalue weighted by atomic mass is 35.5. The third-order valence-electron chi connectivity index (χ3n) is 1.99. The van der Waals surface area contributed by atoms with E-state index in [-0.39, 0.29) is 10.8 Å². The summed E-state index contributed by atoms with van der Waals surface area (Å²) in [5, 5.41) is 0.647. The number of carbonyl (C=O) groups is 1. The summed E-state index contributed by atoms with van der Waals surface area (Å²) in [7, 11) is 0. The lowest BCUT2D eigenvalue weighted by Crippen LogP contribution is -1.99. The lowest BCUT2D eigenvalue weighted by Gasteiger charge is -2.02. The van der Waals surface area contributed by atoms with Crippen molar-refractivity contribution in [2.45, 2.75) is 0 Å². The van der Waals surface area contributed by atoms with Crippen molar-refractivity contribution in [1.29, 1.82) is 0 Å². The largest absolute Gasteiger partial charge is 0.288 e. The average Bonchev–Trinajstić information content (AvgIpc) is 2.68. The number of benzene rings is 1. The molecule has 5 heteroatoms. The van der Waals surface area contributed by atoms with Crippen LogP contribution in [0.15, 0.2) is 30.3 Å². The van der Waals surface area contributed by atoms with Crippen molar-refractivity contribution in [3.8, 4) is 0 Å². The van der Waals surface area contributed by atoms with Gasteiger partial charge in [-0.25, -0.2) is 0 Å². The number of halogens is 3. The number of hydrogen-bond donors (Lipinski definition) is 0. The van der Waals surface area contributed by atoms with Crippen LogP contribution in [0.25, 0.3) is 0 Å². The molecule has 82 valence electrons. The molecule has 0 atom stereocenters. The zero-order valence-electron chi connectivity index (χ0n) is 7.84. The van der Waals surface area contributed by atoms with E-state index in [0.29, 0.717) is 19.8 Å². The highest BCUT2D eigenvalue weighted by Crippen LogP contribution is 2.30. The summed E-state index contributed by atoms with van der Waals surface area (Å²) in [5.74, 6) is -0.163. The zero-order chi connectivity index (χ0) is 11.7. The van der Waals surface area contributed by atoms with Crippen molar-refractivity contribution in [3.05, 3.63) is 55.2 Å². The Balaban J connectivity index is 2.45. The van der Waals surface area contributed by atoms with Crippen molar-refractivity contribution in [2.75, 3.05) is 0 Å². The number of carbonyl (C=O) groups excluding carboxylic acids is 1. The number of ketones is 1. The van der Waals surface area contributed by atoms with Crippen molar-refractivity contribution in [3.63, 3.8) is 0 Å². The van der Waals surface area contributed by atoms with Gasteiger partial charge in [-0.3, -0.25) is 4.79 Å². The summed E-state index contributed by atoms with van der Waals surface area (Å²) in [4.78, 5) is 12.6. The Morgan fingerprint density at radius 1 is 1.06 bits per heavy atom. The second-order valence-corrected chi connectivity index (χ2v) is 5.53. The molecule has 0 aliphatic rings. The summed E-state index contributed by atoms with van der Waals surface area (Å²) in [6.07, 6.45) is 0. The molecule has 0 saturated heterocycles. The van der Waals surface area contributed by atoms with Crippen LogP contribution in [0, 0.1) is 0 Å². The Morgan fingerprint density at radius 2 is 1.81 bits per heavy atom. The summed E-state index contributed by atoms with van der Waals surface area (Å²) in [5.41, 5.74) is 0.396. The van der Waals surface area contributed by atoms with Crippen LogP contribution in [-0.2, 0) is 0 Å². The van der Waals surface area contributed by atoms with Gasteiger partial charge in [0.2, 0.25) is 5.78 Å². The van der Waals surface area contributed by atoms with E-state index in [4.69, 9.17) is 34.8 Å². The molecule has 0 unspecified atom stereocenters. The molecule has 0 amide bonds. The van der Waals surface area contributed by atoms with Crippen molar-refractivity contribution < 1.29 is 4.79 Å². The Kier molecular flexibility index (Phi) is 3.55. The van der Waals surface area contributed by atoms with Crippen LogP contribution >= 0.6 is 46.1 Å². The van der Waals surface area contributed by atoms with Gasteiger partial charge < -0.3 is 0 Å². The molecule has 0 fully saturated rings. The Bertz CT molecular complexity index is 548. The molecule has 0 N–H and O–H groups in total. The lowest BCUT2D eigenvalue weighted by atomic mass is 10.1. The minimum atomic E-state index is -0.163. The summed E-state index contributed by atoms with van der Waals surface area (Å²) >= 11 is 18.8. The molecule has 1 aromatic heterocycles. The quantitative estimate of drug-likeness (QED) is 0.716. The molecule has 0 aliphatic carbocycles. The first-order valence-electron chi connectivity index (χ1n) is 4.33. The van der Waals surface area contributed by atoms with Crippen LogP contribution in [0.3, 0.4) is 0 Å². The number of rotatable bonds is 2. The van der Waals surface area contributed by atoms with Gasteiger partial charge in [0.05, 0.1) is 19.3 Å². The van der Waals surface area contributed by atoms with Crippen LogP contribution < -0.4 is 0 Å². The third kappa shape index (κ3) is 2.25. The fraction of sp³-hybridized carbons (Fsp3) is 0. The molecule has 1 heterocycles. The third-order valence-corrected chi connectivity index (χ3v) is 4.04. The molecule has 0 radical (unpaired) electrons. The normalized spacial score (nSPS) is 10.4. The first-order valence-corrected chi connectivity index (χ1v) is 6.28. The van der Waals surface area contributed by atoms with Gasteiger partial charge >= 0.3 is 0 Å². The van der Waals surface area contributed by atoms with E-state index < -0.39 is 0 Å². The monoisotopic (exact) mass is 290 g/mol. The molecule has 2 aromatic rings. The lowest BCUT2D eigenvalue weighted by molar-refractivity contribution is 0.104. The summed E-state index contributed by atoms with van der Waals surface area (Å²) in [6, 6.07) is 8.33. The molecule has 0 aliphatic heterocycles. The summed E-state index contributed by atoms with van der Waals surface area (Å²) in [6.45, 7) is 0. The van der Waals surface area contributed by atoms with Crippen LogP contribution in [0.1, 0.15) is 15.2 Å². The maximum absolute atomic E-state index is 12.0. The maximum atomic E-state index is 12.0. The molecule has 0 saturated carbocycles. The highest BCUT2D eigenvalue weighted by molar-refractivity contribution is 7.18. The van der Waals surface area contributed by atoms with E-state index in [9.17, 15) is 4.79 Å². The molecular weight excluding hydrogens is 287 g/mol. The van der Waals surface area contributed by atoms with E-state index >= 15 is 0 Å². The van der Waals surface area contributed by atoms with Gasteiger partial charge in [-0.05, 0) is 24.3 Å².